The molecule has 0 aliphatic rings. The third kappa shape index (κ3) is 3.70. The molecule has 32 heavy (non-hydrogen) atoms. The lowest BCUT2D eigenvalue weighted by atomic mass is 10.0. The van der Waals surface area contributed by atoms with Gasteiger partial charge in [0.15, 0.2) is 0 Å². The van der Waals surface area contributed by atoms with Gasteiger partial charge < -0.3 is 14.7 Å². The van der Waals surface area contributed by atoms with Crippen LogP contribution in [0, 0.1) is 12.7 Å². The molecule has 10 heteroatoms. The van der Waals surface area contributed by atoms with Crippen LogP contribution >= 0.6 is 0 Å². The Morgan fingerprint density at radius 1 is 1.22 bits per heavy atom. The minimum absolute atomic E-state index is 0.184. The summed E-state index contributed by atoms with van der Waals surface area (Å²) in [6.07, 6.45) is 1.44. The number of fused-ring (bicyclic) bond motifs is 1. The lowest BCUT2D eigenvalue weighted by Crippen LogP contribution is -2.26. The molecule has 0 aliphatic carbocycles. The topological polar surface area (TPSA) is 106 Å². The first kappa shape index (κ1) is 21.2. The summed E-state index contributed by atoms with van der Waals surface area (Å²) in [5.74, 6) is -1.15. The summed E-state index contributed by atoms with van der Waals surface area (Å²) >= 11 is 0. The van der Waals surface area contributed by atoms with Crippen molar-refractivity contribution in [1.29, 1.82) is 0 Å². The number of amides is 2. The van der Waals surface area contributed by atoms with Crippen molar-refractivity contribution < 1.29 is 18.5 Å². The fraction of sp³-hybridized carbons (Fsp3) is 0.227. The third-order valence-corrected chi connectivity index (χ3v) is 4.93. The molecule has 0 bridgehead atoms. The van der Waals surface area contributed by atoms with Gasteiger partial charge >= 0.3 is 0 Å². The first-order valence-electron chi connectivity index (χ1n) is 9.92. The highest BCUT2D eigenvalue weighted by Gasteiger charge is 2.25. The van der Waals surface area contributed by atoms with E-state index in [9.17, 15) is 14.0 Å². The number of rotatable bonds is 5. The Labute approximate surface area is 182 Å². The maximum Gasteiger partial charge on any atom is 0.273 e. The van der Waals surface area contributed by atoms with Gasteiger partial charge in [-0.1, -0.05) is 5.16 Å². The molecule has 0 atom stereocenters. The van der Waals surface area contributed by atoms with Crippen molar-refractivity contribution in [2.45, 2.75) is 20.4 Å². The van der Waals surface area contributed by atoms with Crippen molar-refractivity contribution in [3.63, 3.8) is 0 Å². The third-order valence-electron chi connectivity index (χ3n) is 4.93. The minimum Gasteiger partial charge on any atom is -0.343 e. The monoisotopic (exact) mass is 436 g/mol. The van der Waals surface area contributed by atoms with Crippen molar-refractivity contribution >= 4 is 28.6 Å². The minimum atomic E-state index is -0.476. The van der Waals surface area contributed by atoms with Crippen molar-refractivity contribution in [2.75, 3.05) is 19.4 Å². The number of carbonyl (C=O) groups is 2. The van der Waals surface area contributed by atoms with Crippen LogP contribution in [0.15, 0.2) is 41.1 Å². The van der Waals surface area contributed by atoms with Crippen molar-refractivity contribution in [3.8, 4) is 11.3 Å². The molecule has 3 aromatic heterocycles. The van der Waals surface area contributed by atoms with Crippen molar-refractivity contribution in [1.82, 2.24) is 24.8 Å². The maximum absolute atomic E-state index is 13.4. The van der Waals surface area contributed by atoms with Crippen LogP contribution in [0.25, 0.3) is 22.4 Å². The molecule has 4 aromatic rings. The molecule has 1 N–H and O–H groups in total. The number of benzene rings is 1. The molecule has 0 aliphatic heterocycles. The molecule has 0 saturated heterocycles. The normalized spacial score (nSPS) is 11.0. The van der Waals surface area contributed by atoms with Crippen LogP contribution in [0.4, 0.5) is 10.1 Å². The molecule has 0 unspecified atom stereocenters. The number of halogens is 1. The number of nitrogens with one attached hydrogen (secondary N) is 1. The molecule has 0 saturated carbocycles. The van der Waals surface area contributed by atoms with Crippen LogP contribution < -0.4 is 5.32 Å². The predicted octanol–water partition coefficient (Wildman–Crippen LogP) is 3.51. The number of hydrogen-bond donors (Lipinski definition) is 1. The van der Waals surface area contributed by atoms with Gasteiger partial charge in [-0.15, -0.1) is 0 Å². The van der Waals surface area contributed by atoms with Gasteiger partial charge in [-0.3, -0.25) is 14.3 Å². The molecule has 9 nitrogen and oxygen atoms in total. The Morgan fingerprint density at radius 3 is 2.59 bits per heavy atom. The van der Waals surface area contributed by atoms with Crippen LogP contribution in [0.5, 0.6) is 0 Å². The van der Waals surface area contributed by atoms with E-state index in [0.717, 1.165) is 0 Å². The Morgan fingerprint density at radius 2 is 1.94 bits per heavy atom. The number of hydrogen-bond acceptors (Lipinski definition) is 6. The number of aryl methyl sites for hydroxylation is 2. The van der Waals surface area contributed by atoms with E-state index in [1.807, 2.05) is 6.92 Å². The molecule has 0 spiro atoms. The molecular formula is C22H21FN6O3. The molecule has 0 fully saturated rings. The second-order valence-electron chi connectivity index (χ2n) is 7.41. The first-order valence-corrected chi connectivity index (χ1v) is 9.92. The molecule has 4 rings (SSSR count). The molecule has 0 radical (unpaired) electrons. The zero-order valence-corrected chi connectivity index (χ0v) is 18.0. The highest BCUT2D eigenvalue weighted by atomic mass is 19.1. The summed E-state index contributed by atoms with van der Waals surface area (Å²) in [5, 5.41) is 11.4. The summed E-state index contributed by atoms with van der Waals surface area (Å²) in [6.45, 7) is 4.04. The van der Waals surface area contributed by atoms with E-state index in [1.165, 1.54) is 27.9 Å². The quantitative estimate of drug-likeness (QED) is 0.513. The summed E-state index contributed by atoms with van der Waals surface area (Å²) in [6, 6.07) is 7.31. The lowest BCUT2D eigenvalue weighted by Gasteiger charge is -2.14. The standard InChI is InChI=1S/C22H21FN6O3/c1-5-29-19(22(31)28(3)4)16(11-24-29)26-20(30)15-10-12(2)25-21-17(15)18(27-32-21)13-6-8-14(23)9-7-13/h6-11H,5H2,1-4H3,(H,26,30). The van der Waals surface area contributed by atoms with Crippen LogP contribution in [0.2, 0.25) is 0 Å². The summed E-state index contributed by atoms with van der Waals surface area (Å²) in [7, 11) is 3.26. The average molecular weight is 436 g/mol. The summed E-state index contributed by atoms with van der Waals surface area (Å²) in [4.78, 5) is 31.7. The number of pyridine rings is 1. The van der Waals surface area contributed by atoms with Gasteiger partial charge in [0, 0.05) is 31.9 Å². The van der Waals surface area contributed by atoms with Gasteiger partial charge in [-0.05, 0) is 44.2 Å². The first-order chi connectivity index (χ1) is 15.3. The van der Waals surface area contributed by atoms with E-state index in [0.29, 0.717) is 28.9 Å². The largest absolute Gasteiger partial charge is 0.343 e. The van der Waals surface area contributed by atoms with Crippen LogP contribution in [-0.4, -0.2) is 50.7 Å². The van der Waals surface area contributed by atoms with E-state index < -0.39 is 5.91 Å². The van der Waals surface area contributed by atoms with Gasteiger partial charge in [0.1, 0.15) is 17.2 Å². The Bertz CT molecular complexity index is 1320. The second kappa shape index (κ2) is 8.22. The number of nitrogens with zero attached hydrogens (tertiary/aromatic N) is 5. The Kier molecular flexibility index (Phi) is 5.43. The van der Waals surface area contributed by atoms with Crippen LogP contribution in [0.1, 0.15) is 33.5 Å². The highest BCUT2D eigenvalue weighted by Crippen LogP contribution is 2.31. The molecular weight excluding hydrogens is 415 g/mol. The van der Waals surface area contributed by atoms with Crippen LogP contribution in [-0.2, 0) is 6.54 Å². The molecule has 2 amide bonds. The summed E-state index contributed by atoms with van der Waals surface area (Å²) in [5.41, 5.74) is 2.51. The highest BCUT2D eigenvalue weighted by molar-refractivity contribution is 6.16. The van der Waals surface area contributed by atoms with Gasteiger partial charge in [0.25, 0.3) is 17.5 Å². The summed E-state index contributed by atoms with van der Waals surface area (Å²) < 4.78 is 20.3. The van der Waals surface area contributed by atoms with Crippen molar-refractivity contribution in [3.05, 3.63) is 59.3 Å². The average Bonchev–Trinajstić information content (AvgIpc) is 3.36. The molecule has 3 heterocycles. The Hall–Kier alpha value is -4.08. The van der Waals surface area contributed by atoms with E-state index in [-0.39, 0.29) is 34.4 Å². The maximum atomic E-state index is 13.4. The van der Waals surface area contributed by atoms with Gasteiger partial charge in [-0.25, -0.2) is 9.37 Å². The van der Waals surface area contributed by atoms with E-state index in [2.05, 4.69) is 20.6 Å². The predicted molar refractivity (Wildman–Crippen MR) is 116 cm³/mol. The van der Waals surface area contributed by atoms with E-state index in [1.54, 1.807) is 39.2 Å². The number of anilines is 1. The molecule has 164 valence electrons. The van der Waals surface area contributed by atoms with E-state index >= 15 is 0 Å². The zero-order chi connectivity index (χ0) is 23.0. The fourth-order valence-corrected chi connectivity index (χ4v) is 3.40. The molecule has 1 aromatic carbocycles. The number of carbonyl (C=O) groups excluding carboxylic acids is 2. The van der Waals surface area contributed by atoms with Gasteiger partial charge in [0.2, 0.25) is 0 Å². The van der Waals surface area contributed by atoms with Crippen LogP contribution in [0.3, 0.4) is 0 Å². The lowest BCUT2D eigenvalue weighted by molar-refractivity contribution is 0.0816. The smallest absolute Gasteiger partial charge is 0.273 e. The fourth-order valence-electron chi connectivity index (χ4n) is 3.40. The Balaban J connectivity index is 1.80. The zero-order valence-electron chi connectivity index (χ0n) is 18.0. The van der Waals surface area contributed by atoms with Crippen molar-refractivity contribution in [2.24, 2.45) is 0 Å². The number of aromatic nitrogens is 4. The second-order valence-corrected chi connectivity index (χ2v) is 7.41. The van der Waals surface area contributed by atoms with Gasteiger partial charge in [-0.2, -0.15) is 5.10 Å². The SMILES string of the molecule is CCn1ncc(NC(=O)c2cc(C)nc3onc(-c4ccc(F)cc4)c23)c1C(=O)N(C)C. The van der Waals surface area contributed by atoms with Gasteiger partial charge in [0.05, 0.1) is 22.8 Å². The van der Waals surface area contributed by atoms with E-state index in [4.69, 9.17) is 4.52 Å².